The Balaban J connectivity index is 1.66. The average Bonchev–Trinajstić information content (AvgIpc) is 3.43. The highest BCUT2D eigenvalue weighted by Gasteiger charge is 2.14. The molecular formula is C23H27N5OS. The zero-order valence-electron chi connectivity index (χ0n) is 17.3. The van der Waals surface area contributed by atoms with Crippen LogP contribution in [0.25, 0.3) is 11.3 Å². The third-order valence-electron chi connectivity index (χ3n) is 5.37. The van der Waals surface area contributed by atoms with E-state index in [-0.39, 0.29) is 5.91 Å². The van der Waals surface area contributed by atoms with Crippen molar-refractivity contribution in [2.75, 3.05) is 24.5 Å². The van der Waals surface area contributed by atoms with Crippen LogP contribution in [0.2, 0.25) is 0 Å². The van der Waals surface area contributed by atoms with Crippen LogP contribution in [0, 0.1) is 6.92 Å². The smallest absolute Gasteiger partial charge is 0.281 e. The zero-order valence-corrected chi connectivity index (χ0v) is 18.1. The second kappa shape index (κ2) is 9.36. The maximum Gasteiger partial charge on any atom is 0.281 e. The molecular weight excluding hydrogens is 394 g/mol. The van der Waals surface area contributed by atoms with E-state index < -0.39 is 0 Å². The minimum Gasteiger partial charge on any atom is -0.372 e. The van der Waals surface area contributed by atoms with Crippen molar-refractivity contribution in [3.63, 3.8) is 0 Å². The van der Waals surface area contributed by atoms with Gasteiger partial charge in [0.15, 0.2) is 4.80 Å². The first-order chi connectivity index (χ1) is 14.7. The van der Waals surface area contributed by atoms with Crippen LogP contribution < -0.4 is 15.4 Å². The highest BCUT2D eigenvalue weighted by Crippen LogP contribution is 2.26. The highest BCUT2D eigenvalue weighted by molar-refractivity contribution is 7.07. The summed E-state index contributed by atoms with van der Waals surface area (Å²) >= 11 is 1.48. The number of hydrogen-bond donors (Lipinski definition) is 1. The molecule has 2 aromatic heterocycles. The Morgan fingerprint density at radius 3 is 2.60 bits per heavy atom. The van der Waals surface area contributed by atoms with Crippen LogP contribution in [0.4, 0.5) is 5.69 Å². The number of hydrogen-bond acceptors (Lipinski definition) is 5. The van der Waals surface area contributed by atoms with Gasteiger partial charge in [-0.3, -0.25) is 9.78 Å². The quantitative estimate of drug-likeness (QED) is 0.660. The molecule has 4 rings (SSSR count). The van der Waals surface area contributed by atoms with E-state index in [4.69, 9.17) is 5.73 Å². The van der Waals surface area contributed by atoms with Gasteiger partial charge in [-0.15, -0.1) is 11.3 Å². The van der Waals surface area contributed by atoms with Gasteiger partial charge in [0.2, 0.25) is 0 Å². The van der Waals surface area contributed by atoms with Gasteiger partial charge >= 0.3 is 0 Å². The van der Waals surface area contributed by atoms with Gasteiger partial charge in [-0.2, -0.15) is 4.99 Å². The topological polar surface area (TPSA) is 76.5 Å². The summed E-state index contributed by atoms with van der Waals surface area (Å²) in [6, 6.07) is 12.3. The van der Waals surface area contributed by atoms with Crippen LogP contribution in [0.1, 0.15) is 35.3 Å². The number of aromatic nitrogens is 2. The SMILES string of the molecule is Cc1ccc(C(=O)N=c2scc(-c3ccc(N4CCCC4)cc3)n2CCCN)cn1. The first-order valence-corrected chi connectivity index (χ1v) is 11.3. The average molecular weight is 422 g/mol. The van der Waals surface area contributed by atoms with Gasteiger partial charge in [-0.05, 0) is 62.6 Å². The number of carbonyl (C=O) groups is 1. The fourth-order valence-corrected chi connectivity index (χ4v) is 4.61. The molecule has 1 amide bonds. The number of pyridine rings is 1. The molecule has 0 aliphatic carbocycles. The van der Waals surface area contributed by atoms with Crippen LogP contribution in [-0.4, -0.2) is 35.1 Å². The predicted octanol–water partition coefficient (Wildman–Crippen LogP) is 3.61. The number of nitrogens with two attached hydrogens (primary N) is 1. The van der Waals surface area contributed by atoms with E-state index in [1.165, 1.54) is 29.9 Å². The highest BCUT2D eigenvalue weighted by atomic mass is 32.1. The molecule has 2 N–H and O–H groups in total. The lowest BCUT2D eigenvalue weighted by Crippen LogP contribution is -2.20. The number of nitrogens with zero attached hydrogens (tertiary/aromatic N) is 4. The van der Waals surface area contributed by atoms with Gasteiger partial charge in [0.1, 0.15) is 0 Å². The predicted molar refractivity (Wildman–Crippen MR) is 122 cm³/mol. The molecule has 1 saturated heterocycles. The Morgan fingerprint density at radius 1 is 1.17 bits per heavy atom. The number of thiazole rings is 1. The van der Waals surface area contributed by atoms with Crippen molar-refractivity contribution in [2.24, 2.45) is 10.7 Å². The van der Waals surface area contributed by atoms with Crippen molar-refractivity contribution in [2.45, 2.75) is 32.7 Å². The van der Waals surface area contributed by atoms with Crippen molar-refractivity contribution in [1.82, 2.24) is 9.55 Å². The van der Waals surface area contributed by atoms with Crippen molar-refractivity contribution < 1.29 is 4.79 Å². The Morgan fingerprint density at radius 2 is 1.93 bits per heavy atom. The second-order valence-corrected chi connectivity index (χ2v) is 8.38. The Labute approximate surface area is 180 Å². The largest absolute Gasteiger partial charge is 0.372 e. The minimum atomic E-state index is -0.276. The molecule has 7 heteroatoms. The summed E-state index contributed by atoms with van der Waals surface area (Å²) in [4.78, 5) is 24.4. The van der Waals surface area contributed by atoms with Gasteiger partial charge in [-0.25, -0.2) is 0 Å². The third kappa shape index (κ3) is 4.52. The van der Waals surface area contributed by atoms with Gasteiger partial charge < -0.3 is 15.2 Å². The van der Waals surface area contributed by atoms with E-state index in [0.29, 0.717) is 16.9 Å². The molecule has 3 aromatic rings. The molecule has 0 bridgehead atoms. The first kappa shape index (κ1) is 20.5. The summed E-state index contributed by atoms with van der Waals surface area (Å²) in [5.74, 6) is -0.276. The molecule has 1 aliphatic rings. The van der Waals surface area contributed by atoms with Gasteiger partial charge in [0.25, 0.3) is 5.91 Å². The van der Waals surface area contributed by atoms with Gasteiger partial charge in [-0.1, -0.05) is 12.1 Å². The molecule has 1 aromatic carbocycles. The second-order valence-electron chi connectivity index (χ2n) is 7.54. The molecule has 1 aliphatic heterocycles. The maximum absolute atomic E-state index is 12.6. The number of benzene rings is 1. The van der Waals surface area contributed by atoms with Crippen molar-refractivity contribution in [1.29, 1.82) is 0 Å². The lowest BCUT2D eigenvalue weighted by Gasteiger charge is -2.18. The van der Waals surface area contributed by atoms with E-state index >= 15 is 0 Å². The molecule has 0 radical (unpaired) electrons. The van der Waals surface area contributed by atoms with Crippen LogP contribution in [-0.2, 0) is 6.54 Å². The summed E-state index contributed by atoms with van der Waals surface area (Å²) in [6.07, 6.45) is 4.93. The molecule has 156 valence electrons. The van der Waals surface area contributed by atoms with Crippen LogP contribution >= 0.6 is 11.3 Å². The lowest BCUT2D eigenvalue weighted by molar-refractivity contribution is 0.0997. The fraction of sp³-hybridized carbons (Fsp3) is 0.348. The molecule has 0 unspecified atom stereocenters. The van der Waals surface area contributed by atoms with E-state index in [1.54, 1.807) is 12.3 Å². The fourth-order valence-electron chi connectivity index (χ4n) is 3.68. The molecule has 3 heterocycles. The van der Waals surface area contributed by atoms with E-state index in [9.17, 15) is 4.79 Å². The summed E-state index contributed by atoms with van der Waals surface area (Å²) in [7, 11) is 0. The van der Waals surface area contributed by atoms with Crippen LogP contribution in [0.15, 0.2) is 53.0 Å². The monoisotopic (exact) mass is 421 g/mol. The van der Waals surface area contributed by atoms with Crippen LogP contribution in [0.5, 0.6) is 0 Å². The molecule has 0 saturated carbocycles. The summed E-state index contributed by atoms with van der Waals surface area (Å²) < 4.78 is 2.10. The maximum atomic E-state index is 12.6. The number of rotatable bonds is 6. The lowest BCUT2D eigenvalue weighted by atomic mass is 10.1. The van der Waals surface area contributed by atoms with Crippen molar-refractivity contribution >= 4 is 22.9 Å². The molecule has 0 atom stereocenters. The van der Waals surface area contributed by atoms with E-state index in [2.05, 4.69) is 49.1 Å². The summed E-state index contributed by atoms with van der Waals surface area (Å²) in [6.45, 7) is 5.47. The van der Waals surface area contributed by atoms with Crippen molar-refractivity contribution in [3.8, 4) is 11.3 Å². The number of anilines is 1. The van der Waals surface area contributed by atoms with Crippen molar-refractivity contribution in [3.05, 3.63) is 64.0 Å². The van der Waals surface area contributed by atoms with Crippen LogP contribution in [0.3, 0.4) is 0 Å². The van der Waals surface area contributed by atoms with Gasteiger partial charge in [0.05, 0.1) is 11.3 Å². The molecule has 30 heavy (non-hydrogen) atoms. The summed E-state index contributed by atoms with van der Waals surface area (Å²) in [5.41, 5.74) is 10.6. The zero-order chi connectivity index (χ0) is 20.9. The number of carbonyl (C=O) groups excluding carboxylic acids is 1. The van der Waals surface area contributed by atoms with Gasteiger partial charge in [0, 0.05) is 42.6 Å². The number of aryl methyl sites for hydroxylation is 1. The third-order valence-corrected chi connectivity index (χ3v) is 6.24. The Hall–Kier alpha value is -2.77. The first-order valence-electron chi connectivity index (χ1n) is 10.4. The normalized spacial score (nSPS) is 14.5. The Kier molecular flexibility index (Phi) is 6.40. The number of amides is 1. The minimum absolute atomic E-state index is 0.276. The van der Waals surface area contributed by atoms with E-state index in [1.807, 2.05) is 13.0 Å². The molecule has 0 spiro atoms. The molecule has 6 nitrogen and oxygen atoms in total. The standard InChI is InChI=1S/C23H27N5OS/c1-17-5-6-19(15-25-17)22(29)26-23-28(14-4-11-24)21(16-30-23)18-7-9-20(10-8-18)27-12-2-3-13-27/h5-10,15-16H,2-4,11-14,24H2,1H3. The Bertz CT molecular complexity index is 1060. The summed E-state index contributed by atoms with van der Waals surface area (Å²) in [5, 5.41) is 2.07. The van der Waals surface area contributed by atoms with E-state index in [0.717, 1.165) is 43.0 Å². The molecule has 1 fully saturated rings.